The number of aromatic nitrogens is 4. The lowest BCUT2D eigenvalue weighted by molar-refractivity contribution is 0.620. The van der Waals surface area contributed by atoms with Crippen LogP contribution < -0.4 is 0 Å². The highest BCUT2D eigenvalue weighted by Crippen LogP contribution is 2.45. The third-order valence-corrected chi connectivity index (χ3v) is 12.3. The van der Waals surface area contributed by atoms with Crippen LogP contribution >= 0.6 is 11.3 Å². The first-order valence-electron chi connectivity index (χ1n) is 19.3. The van der Waals surface area contributed by atoms with Crippen molar-refractivity contribution in [3.8, 4) is 56.7 Å². The van der Waals surface area contributed by atoms with Gasteiger partial charge in [-0.15, -0.1) is 11.3 Å². The lowest BCUT2D eigenvalue weighted by atomic mass is 9.93. The fourth-order valence-corrected chi connectivity index (χ4v) is 9.56. The van der Waals surface area contributed by atoms with Crippen LogP contribution in [0.4, 0.5) is 0 Å². The maximum atomic E-state index is 6.72. The smallest absolute Gasteiger partial charge is 0.227 e. The first-order valence-corrected chi connectivity index (χ1v) is 20.1. The molecule has 0 aliphatic rings. The summed E-state index contributed by atoms with van der Waals surface area (Å²) in [5, 5.41) is 9.07. The molecule has 0 atom stereocenters. The van der Waals surface area contributed by atoms with Crippen molar-refractivity contribution in [1.29, 1.82) is 0 Å². The predicted molar refractivity (Wildman–Crippen MR) is 240 cm³/mol. The number of oxazole rings is 1. The predicted octanol–water partition coefficient (Wildman–Crippen LogP) is 14.2. The van der Waals surface area contributed by atoms with Crippen LogP contribution in [0.1, 0.15) is 0 Å². The van der Waals surface area contributed by atoms with Gasteiger partial charge in [0, 0.05) is 42.4 Å². The highest BCUT2D eigenvalue weighted by Gasteiger charge is 2.25. The Morgan fingerprint density at radius 2 is 0.983 bits per heavy atom. The van der Waals surface area contributed by atoms with Crippen LogP contribution in [0.15, 0.2) is 186 Å². The Kier molecular flexibility index (Phi) is 7.33. The van der Waals surface area contributed by atoms with E-state index in [1.807, 2.05) is 6.07 Å². The Labute approximate surface area is 336 Å². The molecule has 12 rings (SSSR count). The summed E-state index contributed by atoms with van der Waals surface area (Å²) in [5.41, 5.74) is 7.13. The maximum absolute atomic E-state index is 6.72. The van der Waals surface area contributed by atoms with Gasteiger partial charge in [0.15, 0.2) is 23.1 Å². The molecule has 12 aromatic rings. The van der Waals surface area contributed by atoms with Gasteiger partial charge in [0.2, 0.25) is 5.89 Å². The lowest BCUT2D eigenvalue weighted by Gasteiger charge is -2.15. The first kappa shape index (κ1) is 32.7. The van der Waals surface area contributed by atoms with Crippen LogP contribution in [0, 0.1) is 0 Å². The minimum Gasteiger partial charge on any atom is -0.436 e. The van der Waals surface area contributed by atoms with Gasteiger partial charge in [0.05, 0.1) is 5.56 Å². The fourth-order valence-electron chi connectivity index (χ4n) is 8.33. The Hall–Kier alpha value is -7.54. The highest BCUT2D eigenvalue weighted by atomic mass is 32.1. The van der Waals surface area contributed by atoms with E-state index in [2.05, 4.69) is 176 Å². The molecule has 0 radical (unpaired) electrons. The quantitative estimate of drug-likeness (QED) is 0.175. The second-order valence-corrected chi connectivity index (χ2v) is 15.6. The lowest BCUT2D eigenvalue weighted by Crippen LogP contribution is -2.02. The summed E-state index contributed by atoms with van der Waals surface area (Å²) in [6.45, 7) is 0. The normalized spacial score (nSPS) is 11.8. The van der Waals surface area contributed by atoms with Gasteiger partial charge in [-0.2, -0.15) is 0 Å². The van der Waals surface area contributed by atoms with Crippen molar-refractivity contribution in [2.75, 3.05) is 0 Å². The molecule has 270 valence electrons. The van der Waals surface area contributed by atoms with Gasteiger partial charge in [0.1, 0.15) is 5.52 Å². The maximum Gasteiger partial charge on any atom is 0.227 e. The molecule has 6 heteroatoms. The van der Waals surface area contributed by atoms with E-state index in [9.17, 15) is 0 Å². The molecule has 0 saturated carbocycles. The van der Waals surface area contributed by atoms with E-state index in [4.69, 9.17) is 24.4 Å². The average molecular weight is 759 g/mol. The van der Waals surface area contributed by atoms with E-state index in [-0.39, 0.29) is 0 Å². The van der Waals surface area contributed by atoms with Gasteiger partial charge < -0.3 is 4.42 Å². The molecule has 0 saturated heterocycles. The molecule has 0 spiro atoms. The second-order valence-electron chi connectivity index (χ2n) is 14.6. The van der Waals surface area contributed by atoms with Crippen molar-refractivity contribution in [2.45, 2.75) is 0 Å². The van der Waals surface area contributed by atoms with E-state index in [0.29, 0.717) is 34.5 Å². The molecular formula is C52H30N4OS. The Morgan fingerprint density at radius 1 is 0.379 bits per heavy atom. The molecule has 0 aliphatic heterocycles. The van der Waals surface area contributed by atoms with Crippen LogP contribution in [0.5, 0.6) is 0 Å². The van der Waals surface area contributed by atoms with Gasteiger partial charge in [-0.05, 0) is 74.3 Å². The van der Waals surface area contributed by atoms with Crippen LogP contribution in [0.3, 0.4) is 0 Å². The third-order valence-electron chi connectivity index (χ3n) is 11.1. The average Bonchev–Trinajstić information content (AvgIpc) is 3.89. The van der Waals surface area contributed by atoms with E-state index in [1.165, 1.54) is 4.70 Å². The molecule has 0 aliphatic carbocycles. The zero-order valence-corrected chi connectivity index (χ0v) is 31.7. The minimum atomic E-state index is 0.542. The molecule has 0 N–H and O–H groups in total. The third kappa shape index (κ3) is 5.30. The molecule has 0 bridgehead atoms. The standard InChI is InChI=1S/C52H30N4OS/c1-2-15-34(16-3-1)45-39-19-9-8-14-33(39)26-27-41(45)50-54-49(37-24-22-31-12-4-6-17-35(31)28-37)55-51(56-50)46-47-43(30-42-40-20-10-11-21-44(40)58-48(42)46)57-52(53-47)38-25-23-32-13-5-7-18-36(32)29-38/h1-30H. The number of fused-ring (bicyclic) bond motifs is 7. The number of hydrogen-bond donors (Lipinski definition) is 0. The van der Waals surface area contributed by atoms with Crippen molar-refractivity contribution < 1.29 is 4.42 Å². The molecule has 0 amide bonds. The number of nitrogens with zero attached hydrogens (tertiary/aromatic N) is 4. The van der Waals surface area contributed by atoms with Crippen LogP contribution in [-0.4, -0.2) is 19.9 Å². The molecule has 5 nitrogen and oxygen atoms in total. The van der Waals surface area contributed by atoms with Gasteiger partial charge in [0.25, 0.3) is 0 Å². The van der Waals surface area contributed by atoms with Gasteiger partial charge in [-0.1, -0.05) is 146 Å². The van der Waals surface area contributed by atoms with Gasteiger partial charge >= 0.3 is 0 Å². The van der Waals surface area contributed by atoms with Crippen LogP contribution in [0.25, 0.3) is 120 Å². The summed E-state index contributed by atoms with van der Waals surface area (Å²) in [5.74, 6) is 2.26. The minimum absolute atomic E-state index is 0.542. The van der Waals surface area contributed by atoms with Crippen molar-refractivity contribution >= 4 is 74.9 Å². The monoisotopic (exact) mass is 758 g/mol. The van der Waals surface area contributed by atoms with Crippen molar-refractivity contribution in [3.63, 3.8) is 0 Å². The van der Waals surface area contributed by atoms with Crippen LogP contribution in [-0.2, 0) is 0 Å². The Bertz CT molecular complexity index is 3590. The summed E-state index contributed by atoms with van der Waals surface area (Å²) in [7, 11) is 0. The summed E-state index contributed by atoms with van der Waals surface area (Å²) < 4.78 is 8.94. The van der Waals surface area contributed by atoms with E-state index < -0.39 is 0 Å². The Morgan fingerprint density at radius 3 is 1.78 bits per heavy atom. The molecular weight excluding hydrogens is 729 g/mol. The number of hydrogen-bond acceptors (Lipinski definition) is 6. The van der Waals surface area contributed by atoms with Gasteiger partial charge in [-0.25, -0.2) is 19.9 Å². The zero-order valence-electron chi connectivity index (χ0n) is 30.9. The fraction of sp³-hybridized carbons (Fsp3) is 0. The van der Waals surface area contributed by atoms with E-state index >= 15 is 0 Å². The number of benzene rings is 9. The molecule has 3 heterocycles. The molecule has 58 heavy (non-hydrogen) atoms. The molecule has 0 unspecified atom stereocenters. The largest absolute Gasteiger partial charge is 0.436 e. The zero-order chi connectivity index (χ0) is 38.2. The van der Waals surface area contributed by atoms with E-state index in [1.54, 1.807) is 11.3 Å². The topological polar surface area (TPSA) is 64.7 Å². The first-order chi connectivity index (χ1) is 28.7. The molecule has 3 aromatic heterocycles. The Balaban J connectivity index is 1.18. The van der Waals surface area contributed by atoms with Crippen molar-refractivity contribution in [2.24, 2.45) is 0 Å². The summed E-state index contributed by atoms with van der Waals surface area (Å²) in [4.78, 5) is 21.4. The van der Waals surface area contributed by atoms with Crippen molar-refractivity contribution in [3.05, 3.63) is 182 Å². The summed E-state index contributed by atoms with van der Waals surface area (Å²) >= 11 is 1.73. The number of rotatable bonds is 5. The van der Waals surface area contributed by atoms with E-state index in [0.717, 1.165) is 81.2 Å². The molecule has 0 fully saturated rings. The van der Waals surface area contributed by atoms with Gasteiger partial charge in [-0.3, -0.25) is 0 Å². The summed E-state index contributed by atoms with van der Waals surface area (Å²) in [6.07, 6.45) is 0. The number of thiophene rings is 1. The SMILES string of the molecule is c1ccc(-c2c(-c3nc(-c4ccc5ccccc5c4)nc(-c4c5nc(-c6ccc7ccccc7c6)oc5cc5c4sc4ccccc45)n3)ccc3ccccc23)cc1. The second kappa shape index (κ2) is 13.0. The summed E-state index contributed by atoms with van der Waals surface area (Å²) in [6, 6.07) is 63.5. The highest BCUT2D eigenvalue weighted by molar-refractivity contribution is 7.26. The van der Waals surface area contributed by atoms with Crippen LogP contribution in [0.2, 0.25) is 0 Å². The molecule has 9 aromatic carbocycles. The van der Waals surface area contributed by atoms with Crippen molar-refractivity contribution in [1.82, 2.24) is 19.9 Å².